The summed E-state index contributed by atoms with van der Waals surface area (Å²) in [5, 5.41) is 0. The number of hydrogen-bond donors (Lipinski definition) is 0. The van der Waals surface area contributed by atoms with Gasteiger partial charge in [0.05, 0.1) is 0 Å². The Morgan fingerprint density at radius 1 is 0.900 bits per heavy atom. The summed E-state index contributed by atoms with van der Waals surface area (Å²) in [5.41, 5.74) is 0. The van der Waals surface area contributed by atoms with Gasteiger partial charge in [0.25, 0.3) is 0 Å². The van der Waals surface area contributed by atoms with Crippen LogP contribution in [0, 0.1) is 6.08 Å². The second-order valence-electron chi connectivity index (χ2n) is 2.76. The Kier molecular flexibility index (Phi) is 4.00. The van der Waals surface area contributed by atoms with Crippen LogP contribution in [0.25, 0.3) is 0 Å². The number of hydrogen-bond acceptors (Lipinski definition) is 0. The molecule has 1 rings (SSSR count). The first-order chi connectivity index (χ1) is 5.00. The molecule has 0 heterocycles. The van der Waals surface area contributed by atoms with Crippen molar-refractivity contribution in [3.63, 3.8) is 0 Å². The molecule has 0 bridgehead atoms. The van der Waals surface area contributed by atoms with E-state index in [9.17, 15) is 0 Å². The van der Waals surface area contributed by atoms with Crippen molar-refractivity contribution in [3.8, 4) is 0 Å². The zero-order chi connectivity index (χ0) is 7.07. The monoisotopic (exact) mass is 135 g/mol. The van der Waals surface area contributed by atoms with Crippen LogP contribution in [0.4, 0.5) is 0 Å². The third-order valence-electron chi connectivity index (χ3n) is 1.80. The van der Waals surface area contributed by atoms with E-state index in [1.807, 2.05) is 6.08 Å². The Bertz CT molecular complexity index is 104. The molecule has 1 aliphatic rings. The summed E-state index contributed by atoms with van der Waals surface area (Å²) in [4.78, 5) is 0. The summed E-state index contributed by atoms with van der Waals surface area (Å²) in [6.45, 7) is 0. The minimum atomic E-state index is 1.21. The van der Waals surface area contributed by atoms with Gasteiger partial charge in [0.15, 0.2) is 0 Å². The van der Waals surface area contributed by atoms with Crippen molar-refractivity contribution < 1.29 is 0 Å². The molecule has 0 amide bonds. The van der Waals surface area contributed by atoms with Gasteiger partial charge < -0.3 is 0 Å². The van der Waals surface area contributed by atoms with Gasteiger partial charge in [-0.05, 0) is 31.8 Å². The number of rotatable bonds is 0. The fourth-order valence-electron chi connectivity index (χ4n) is 1.16. The van der Waals surface area contributed by atoms with E-state index < -0.39 is 0 Å². The van der Waals surface area contributed by atoms with Crippen molar-refractivity contribution >= 4 is 0 Å². The van der Waals surface area contributed by atoms with Crippen LogP contribution >= 0.6 is 0 Å². The van der Waals surface area contributed by atoms with E-state index in [4.69, 9.17) is 0 Å². The van der Waals surface area contributed by atoms with Crippen LogP contribution in [-0.4, -0.2) is 0 Å². The maximum Gasteiger partial charge on any atom is -0.0230 e. The molecule has 0 heteroatoms. The van der Waals surface area contributed by atoms with Gasteiger partial charge in [-0.1, -0.05) is 31.1 Å². The quantitative estimate of drug-likeness (QED) is 0.478. The molecule has 0 aliphatic heterocycles. The van der Waals surface area contributed by atoms with Crippen LogP contribution in [0.15, 0.2) is 18.2 Å². The lowest BCUT2D eigenvalue weighted by Gasteiger charge is -1.97. The minimum absolute atomic E-state index is 1.21. The summed E-state index contributed by atoms with van der Waals surface area (Å²) >= 11 is 0. The van der Waals surface area contributed by atoms with Gasteiger partial charge in [-0.25, -0.2) is 0 Å². The van der Waals surface area contributed by atoms with Crippen molar-refractivity contribution in [3.05, 3.63) is 24.3 Å². The van der Waals surface area contributed by atoms with Crippen LogP contribution in [0.2, 0.25) is 0 Å². The molecular formula is C10H15. The summed E-state index contributed by atoms with van der Waals surface area (Å²) in [6.07, 6.45) is 17.5. The minimum Gasteiger partial charge on any atom is -0.0839 e. The average molecular weight is 135 g/mol. The summed E-state index contributed by atoms with van der Waals surface area (Å²) in [7, 11) is 0. The van der Waals surface area contributed by atoms with Crippen molar-refractivity contribution in [1.29, 1.82) is 0 Å². The number of allylic oxidation sites excluding steroid dienone is 4. The lowest BCUT2D eigenvalue weighted by Crippen LogP contribution is -1.78. The molecule has 0 saturated heterocycles. The van der Waals surface area contributed by atoms with E-state index >= 15 is 0 Å². The predicted molar refractivity (Wildman–Crippen MR) is 44.7 cm³/mol. The first-order valence-electron chi connectivity index (χ1n) is 4.23. The summed E-state index contributed by atoms with van der Waals surface area (Å²) < 4.78 is 0. The van der Waals surface area contributed by atoms with E-state index in [2.05, 4.69) is 18.2 Å². The molecule has 0 spiro atoms. The molecule has 55 valence electrons. The molecule has 0 atom stereocenters. The van der Waals surface area contributed by atoms with Crippen molar-refractivity contribution in [1.82, 2.24) is 0 Å². The predicted octanol–water partition coefficient (Wildman–Crippen LogP) is 3.26. The molecule has 1 radical (unpaired) electrons. The van der Waals surface area contributed by atoms with Crippen molar-refractivity contribution in [2.45, 2.75) is 38.5 Å². The highest BCUT2D eigenvalue weighted by molar-refractivity contribution is 4.95. The fraction of sp³-hybridized carbons (Fsp3) is 0.600. The van der Waals surface area contributed by atoms with Gasteiger partial charge in [0.1, 0.15) is 0 Å². The van der Waals surface area contributed by atoms with Gasteiger partial charge in [-0.2, -0.15) is 0 Å². The van der Waals surface area contributed by atoms with Crippen molar-refractivity contribution in [2.24, 2.45) is 0 Å². The highest BCUT2D eigenvalue weighted by Crippen LogP contribution is 2.07. The van der Waals surface area contributed by atoms with Crippen LogP contribution in [0.3, 0.4) is 0 Å². The molecule has 0 aromatic carbocycles. The smallest absolute Gasteiger partial charge is 0.0230 e. The highest BCUT2D eigenvalue weighted by atomic mass is 13.9. The van der Waals surface area contributed by atoms with E-state index in [0.717, 1.165) is 0 Å². The maximum atomic E-state index is 3.15. The molecule has 0 unspecified atom stereocenters. The van der Waals surface area contributed by atoms with E-state index in [-0.39, 0.29) is 0 Å². The van der Waals surface area contributed by atoms with Gasteiger partial charge >= 0.3 is 0 Å². The fourth-order valence-corrected chi connectivity index (χ4v) is 1.16. The molecule has 0 N–H and O–H groups in total. The molecule has 1 aliphatic carbocycles. The van der Waals surface area contributed by atoms with Crippen LogP contribution in [0.5, 0.6) is 0 Å². The first-order valence-corrected chi connectivity index (χ1v) is 4.23. The second-order valence-corrected chi connectivity index (χ2v) is 2.76. The molecular weight excluding hydrogens is 120 g/mol. The lowest BCUT2D eigenvalue weighted by molar-refractivity contribution is 0.650. The molecule has 0 nitrogen and oxygen atoms in total. The largest absolute Gasteiger partial charge is 0.0839 e. The Morgan fingerprint density at radius 3 is 2.60 bits per heavy atom. The third-order valence-corrected chi connectivity index (χ3v) is 1.80. The lowest BCUT2D eigenvalue weighted by atomic mass is 10.1. The van der Waals surface area contributed by atoms with E-state index in [1.54, 1.807) is 0 Å². The van der Waals surface area contributed by atoms with E-state index in [0.29, 0.717) is 0 Å². The molecule has 0 aromatic heterocycles. The topological polar surface area (TPSA) is 0 Å². The average Bonchev–Trinajstić information content (AvgIpc) is 2.01. The highest BCUT2D eigenvalue weighted by Gasteiger charge is 1.88. The Morgan fingerprint density at radius 2 is 1.70 bits per heavy atom. The van der Waals surface area contributed by atoms with Crippen LogP contribution < -0.4 is 0 Å². The third kappa shape index (κ3) is 3.49. The van der Waals surface area contributed by atoms with Gasteiger partial charge in [-0.15, -0.1) is 0 Å². The Balaban J connectivity index is 2.26. The van der Waals surface area contributed by atoms with E-state index in [1.165, 1.54) is 38.5 Å². The SMILES string of the molecule is [C]1=C\CCCCCC/C=C/1. The Labute approximate surface area is 63.6 Å². The zero-order valence-electron chi connectivity index (χ0n) is 6.47. The van der Waals surface area contributed by atoms with Gasteiger partial charge in [0.2, 0.25) is 0 Å². The standard InChI is InChI=1S/C10H15/c1-2-4-6-8-10-9-7-5-3-1/h1-2,6H,3,5,7-10H2/b2-1+,6-4?. The van der Waals surface area contributed by atoms with Gasteiger partial charge in [-0.3, -0.25) is 0 Å². The van der Waals surface area contributed by atoms with Crippen LogP contribution in [-0.2, 0) is 0 Å². The molecule has 0 aromatic rings. The molecule has 0 fully saturated rings. The summed E-state index contributed by atoms with van der Waals surface area (Å²) in [5.74, 6) is 0. The van der Waals surface area contributed by atoms with Crippen LogP contribution in [0.1, 0.15) is 38.5 Å². The van der Waals surface area contributed by atoms with Crippen molar-refractivity contribution in [2.75, 3.05) is 0 Å². The van der Waals surface area contributed by atoms with Gasteiger partial charge in [0, 0.05) is 0 Å². The second kappa shape index (κ2) is 5.28. The molecule has 0 saturated carbocycles. The Hall–Kier alpha value is -0.520. The zero-order valence-corrected chi connectivity index (χ0v) is 6.47. The maximum absolute atomic E-state index is 3.15. The molecule has 10 heavy (non-hydrogen) atoms. The summed E-state index contributed by atoms with van der Waals surface area (Å²) in [6, 6.07) is 0. The first kappa shape index (κ1) is 7.59. The normalized spacial score (nSPS) is 27.2.